The molecule has 6 nitrogen and oxygen atoms in total. The average molecular weight is 357 g/mol. The number of hydrogen-bond donors (Lipinski definition) is 0. The fraction of sp³-hybridized carbons (Fsp3) is 0.421. The van der Waals surface area contributed by atoms with Gasteiger partial charge < -0.3 is 13.8 Å². The second kappa shape index (κ2) is 6.90. The molecule has 0 radical (unpaired) electrons. The van der Waals surface area contributed by atoms with Crippen LogP contribution in [0.1, 0.15) is 35.3 Å². The summed E-state index contributed by atoms with van der Waals surface area (Å²) in [6, 6.07) is 5.29. The molecule has 3 aromatic heterocycles. The topological polar surface area (TPSA) is 72.4 Å². The van der Waals surface area contributed by atoms with Gasteiger partial charge in [-0.1, -0.05) is 5.16 Å². The van der Waals surface area contributed by atoms with Gasteiger partial charge in [0.15, 0.2) is 5.76 Å². The Labute approximate surface area is 150 Å². The molecule has 0 aromatic carbocycles. The third kappa shape index (κ3) is 2.98. The smallest absolute Gasteiger partial charge is 0.259 e. The van der Waals surface area contributed by atoms with Crippen molar-refractivity contribution in [2.24, 2.45) is 5.92 Å². The van der Waals surface area contributed by atoms with Gasteiger partial charge in [-0.15, -0.1) is 0 Å². The van der Waals surface area contributed by atoms with E-state index in [1.807, 2.05) is 4.90 Å². The Hall–Kier alpha value is -2.70. The molecule has 0 bridgehead atoms. The van der Waals surface area contributed by atoms with Crippen molar-refractivity contribution < 1.29 is 18.1 Å². The molecule has 0 N–H and O–H groups in total. The number of amides is 1. The van der Waals surface area contributed by atoms with Gasteiger partial charge >= 0.3 is 0 Å². The lowest BCUT2D eigenvalue weighted by molar-refractivity contribution is 0.0686. The fourth-order valence-electron chi connectivity index (χ4n) is 3.56. The number of nitrogens with zero attached hydrogens (tertiary/aromatic N) is 3. The fourth-order valence-corrected chi connectivity index (χ4v) is 3.56. The predicted molar refractivity (Wildman–Crippen MR) is 93.5 cm³/mol. The Balaban J connectivity index is 1.69. The van der Waals surface area contributed by atoms with E-state index in [1.165, 1.54) is 0 Å². The molecule has 0 aliphatic carbocycles. The number of likely N-dealkylation sites (tertiary alicyclic amines) is 1. The van der Waals surface area contributed by atoms with Gasteiger partial charge in [-0.2, -0.15) is 0 Å². The molecule has 1 aliphatic rings. The first-order chi connectivity index (χ1) is 12.7. The lowest BCUT2D eigenvalue weighted by atomic mass is 9.93. The number of aryl methyl sites for hydroxylation is 1. The molecule has 1 aliphatic heterocycles. The van der Waals surface area contributed by atoms with Crippen molar-refractivity contribution in [3.63, 3.8) is 0 Å². The van der Waals surface area contributed by atoms with Gasteiger partial charge in [0.05, 0.1) is 29.6 Å². The molecule has 1 amide bonds. The zero-order valence-electron chi connectivity index (χ0n) is 14.6. The van der Waals surface area contributed by atoms with Crippen LogP contribution in [-0.4, -0.2) is 40.7 Å². The van der Waals surface area contributed by atoms with E-state index in [0.29, 0.717) is 59.2 Å². The molecule has 4 heterocycles. The van der Waals surface area contributed by atoms with Gasteiger partial charge in [0.1, 0.15) is 5.69 Å². The van der Waals surface area contributed by atoms with Crippen molar-refractivity contribution in [2.45, 2.75) is 26.2 Å². The number of pyridine rings is 1. The average Bonchev–Trinajstić information content (AvgIpc) is 3.32. The van der Waals surface area contributed by atoms with Crippen LogP contribution in [0.2, 0.25) is 0 Å². The van der Waals surface area contributed by atoms with E-state index >= 15 is 0 Å². The quantitative estimate of drug-likeness (QED) is 0.706. The SMILES string of the molecule is Cc1noc2nc(-c3ccco3)cc(C(=O)N3CCC(CCF)CC3)c12. The minimum Gasteiger partial charge on any atom is -0.463 e. The van der Waals surface area contributed by atoms with Crippen molar-refractivity contribution in [2.75, 3.05) is 19.8 Å². The van der Waals surface area contributed by atoms with Gasteiger partial charge in [-0.25, -0.2) is 4.98 Å². The Morgan fingerprint density at radius 2 is 2.19 bits per heavy atom. The van der Waals surface area contributed by atoms with E-state index in [-0.39, 0.29) is 12.6 Å². The standard InChI is InChI=1S/C19H20FN3O3/c1-12-17-14(19(24)23-8-5-13(4-7-20)6-9-23)11-15(16-3-2-10-25-16)21-18(17)26-22-12/h2-3,10-11,13H,4-9H2,1H3. The maximum absolute atomic E-state index is 13.2. The summed E-state index contributed by atoms with van der Waals surface area (Å²) in [6.07, 6.45) is 3.80. The highest BCUT2D eigenvalue weighted by Crippen LogP contribution is 2.29. The van der Waals surface area contributed by atoms with Gasteiger partial charge in [-0.3, -0.25) is 9.18 Å². The maximum atomic E-state index is 13.2. The zero-order chi connectivity index (χ0) is 18.1. The van der Waals surface area contributed by atoms with E-state index < -0.39 is 0 Å². The minimum absolute atomic E-state index is 0.0739. The number of carbonyl (C=O) groups is 1. The largest absolute Gasteiger partial charge is 0.463 e. The van der Waals surface area contributed by atoms with Gasteiger partial charge in [0, 0.05) is 13.1 Å². The summed E-state index contributed by atoms with van der Waals surface area (Å²) in [4.78, 5) is 19.4. The summed E-state index contributed by atoms with van der Waals surface area (Å²) in [6.45, 7) is 2.77. The van der Waals surface area contributed by atoms with Gasteiger partial charge in [0.2, 0.25) is 0 Å². The summed E-state index contributed by atoms with van der Waals surface area (Å²) in [5.74, 6) is 0.851. The molecule has 0 saturated carbocycles. The number of carbonyl (C=O) groups excluding carboxylic acids is 1. The van der Waals surface area contributed by atoms with Crippen molar-refractivity contribution in [1.82, 2.24) is 15.0 Å². The van der Waals surface area contributed by atoms with Crippen LogP contribution in [0.5, 0.6) is 0 Å². The summed E-state index contributed by atoms with van der Waals surface area (Å²) >= 11 is 0. The molecule has 0 unspecified atom stereocenters. The molecular formula is C19H20FN3O3. The summed E-state index contributed by atoms with van der Waals surface area (Å²) in [5, 5.41) is 4.60. The highest BCUT2D eigenvalue weighted by Gasteiger charge is 2.27. The maximum Gasteiger partial charge on any atom is 0.259 e. The summed E-state index contributed by atoms with van der Waals surface area (Å²) < 4.78 is 23.3. The van der Waals surface area contributed by atoms with Crippen LogP contribution in [-0.2, 0) is 0 Å². The third-order valence-electron chi connectivity index (χ3n) is 5.04. The second-order valence-corrected chi connectivity index (χ2v) is 6.69. The number of aromatic nitrogens is 2. The molecule has 0 spiro atoms. The van der Waals surface area contributed by atoms with Gasteiger partial charge in [0.25, 0.3) is 11.6 Å². The zero-order valence-corrected chi connectivity index (χ0v) is 14.6. The van der Waals surface area contributed by atoms with E-state index in [0.717, 1.165) is 12.8 Å². The molecule has 4 rings (SSSR count). The number of piperidine rings is 1. The first-order valence-corrected chi connectivity index (χ1v) is 8.83. The molecule has 3 aromatic rings. The normalized spacial score (nSPS) is 15.7. The van der Waals surface area contributed by atoms with Crippen molar-refractivity contribution in [3.8, 4) is 11.5 Å². The van der Waals surface area contributed by atoms with Crippen molar-refractivity contribution >= 4 is 17.0 Å². The monoisotopic (exact) mass is 357 g/mol. The van der Waals surface area contributed by atoms with Crippen LogP contribution in [0.25, 0.3) is 22.6 Å². The Morgan fingerprint density at radius 1 is 1.38 bits per heavy atom. The number of hydrogen-bond acceptors (Lipinski definition) is 5. The molecule has 0 atom stereocenters. The minimum atomic E-state index is -0.296. The van der Waals surface area contributed by atoms with Crippen LogP contribution in [0, 0.1) is 12.8 Å². The van der Waals surface area contributed by atoms with E-state index in [9.17, 15) is 9.18 Å². The third-order valence-corrected chi connectivity index (χ3v) is 5.04. The van der Waals surface area contributed by atoms with E-state index in [2.05, 4.69) is 10.1 Å². The number of halogens is 1. The Bertz CT molecular complexity index is 912. The van der Waals surface area contributed by atoms with Crippen molar-refractivity contribution in [1.29, 1.82) is 0 Å². The molecule has 1 fully saturated rings. The first-order valence-electron chi connectivity index (χ1n) is 8.83. The number of fused-ring (bicyclic) bond motifs is 1. The summed E-state index contributed by atoms with van der Waals surface area (Å²) in [7, 11) is 0. The van der Waals surface area contributed by atoms with Crippen LogP contribution in [0.15, 0.2) is 33.4 Å². The number of rotatable bonds is 4. The Morgan fingerprint density at radius 3 is 2.88 bits per heavy atom. The Kier molecular flexibility index (Phi) is 4.44. The van der Waals surface area contributed by atoms with E-state index in [4.69, 9.17) is 8.94 Å². The predicted octanol–water partition coefficient (Wildman–Crippen LogP) is 4.00. The lowest BCUT2D eigenvalue weighted by Crippen LogP contribution is -2.38. The number of alkyl halides is 1. The highest BCUT2D eigenvalue weighted by atomic mass is 19.1. The van der Waals surface area contributed by atoms with Crippen LogP contribution in [0.3, 0.4) is 0 Å². The molecule has 26 heavy (non-hydrogen) atoms. The summed E-state index contributed by atoms with van der Waals surface area (Å²) in [5.41, 5.74) is 2.01. The first kappa shape index (κ1) is 16.8. The molecule has 7 heteroatoms. The second-order valence-electron chi connectivity index (χ2n) is 6.69. The van der Waals surface area contributed by atoms with Crippen LogP contribution < -0.4 is 0 Å². The van der Waals surface area contributed by atoms with Crippen molar-refractivity contribution in [3.05, 3.63) is 35.7 Å². The van der Waals surface area contributed by atoms with Crippen LogP contribution in [0.4, 0.5) is 4.39 Å². The molecule has 136 valence electrons. The van der Waals surface area contributed by atoms with E-state index in [1.54, 1.807) is 31.4 Å². The highest BCUT2D eigenvalue weighted by molar-refractivity contribution is 6.06. The number of furan rings is 1. The van der Waals surface area contributed by atoms with Crippen LogP contribution >= 0.6 is 0 Å². The van der Waals surface area contributed by atoms with Gasteiger partial charge in [-0.05, 0) is 50.3 Å². The molecular weight excluding hydrogens is 337 g/mol. The molecule has 1 saturated heterocycles. The lowest BCUT2D eigenvalue weighted by Gasteiger charge is -2.31.